The normalized spacial score (nSPS) is 36.3. The third-order valence-corrected chi connectivity index (χ3v) is 16.6. The molecule has 2 aromatic carbocycles. The number of carbonyl (C=O) groups excluding carboxylic acids is 1. The third kappa shape index (κ3) is 6.74. The Hall–Kier alpha value is -2.56. The number of amides is 1. The number of aryl methyl sites for hydroxylation is 1. The van der Waals surface area contributed by atoms with Crippen LogP contribution in [0.3, 0.4) is 0 Å². The average Bonchev–Trinajstić information content (AvgIpc) is 3.22. The molecular formula is C43H59ClN4O4S. The van der Waals surface area contributed by atoms with Crippen LogP contribution in [0.5, 0.6) is 5.75 Å². The smallest absolute Gasteiger partial charge is 0.262 e. The summed E-state index contributed by atoms with van der Waals surface area (Å²) in [4.78, 5) is 21.5. The third-order valence-electron chi connectivity index (χ3n) is 14.2. The van der Waals surface area contributed by atoms with E-state index in [2.05, 4.69) is 70.3 Å². The summed E-state index contributed by atoms with van der Waals surface area (Å²) < 4.78 is 30.4. The van der Waals surface area contributed by atoms with E-state index in [1.165, 1.54) is 24.2 Å². The molecule has 7 atom stereocenters. The Kier molecular flexibility index (Phi) is 9.78. The van der Waals surface area contributed by atoms with Gasteiger partial charge in [0, 0.05) is 85.6 Å². The largest absolute Gasteiger partial charge is 0.490 e. The number of methoxy groups -OCH3 is 1. The van der Waals surface area contributed by atoms with Crippen LogP contribution in [0.25, 0.3) is 0 Å². The minimum absolute atomic E-state index is 0.0425. The van der Waals surface area contributed by atoms with Crippen molar-refractivity contribution in [3.8, 4) is 5.75 Å². The second-order valence-corrected chi connectivity index (χ2v) is 20.8. The molecule has 1 saturated carbocycles. The fourth-order valence-electron chi connectivity index (χ4n) is 10.6. The van der Waals surface area contributed by atoms with E-state index >= 15 is 0 Å². The van der Waals surface area contributed by atoms with Gasteiger partial charge in [-0.25, -0.2) is 4.21 Å². The number of hydrogen-bond donors (Lipinski definition) is 1. The molecule has 53 heavy (non-hydrogen) atoms. The summed E-state index contributed by atoms with van der Waals surface area (Å²) >= 11 is 6.52. The van der Waals surface area contributed by atoms with Crippen molar-refractivity contribution in [3.63, 3.8) is 0 Å². The topological polar surface area (TPSA) is 74.4 Å². The van der Waals surface area contributed by atoms with Crippen LogP contribution in [0.15, 0.2) is 48.6 Å². The van der Waals surface area contributed by atoms with E-state index in [0.29, 0.717) is 35.5 Å². The van der Waals surface area contributed by atoms with E-state index in [0.717, 1.165) is 87.7 Å². The van der Waals surface area contributed by atoms with Crippen LogP contribution in [0, 0.1) is 23.2 Å². The van der Waals surface area contributed by atoms with Crippen LogP contribution < -0.4 is 14.4 Å². The number of halogens is 1. The summed E-state index contributed by atoms with van der Waals surface area (Å²) in [6, 6.07) is 12.7. The number of fused-ring (bicyclic) bond motifs is 4. The summed E-state index contributed by atoms with van der Waals surface area (Å²) in [5, 5.41) is 0.449. The van der Waals surface area contributed by atoms with Gasteiger partial charge < -0.3 is 14.4 Å². The number of rotatable bonds is 4. The van der Waals surface area contributed by atoms with Crippen molar-refractivity contribution in [1.29, 1.82) is 0 Å². The molecule has 8 rings (SSSR count). The maximum Gasteiger partial charge on any atom is 0.262 e. The molecule has 4 heterocycles. The lowest BCUT2D eigenvalue weighted by molar-refractivity contribution is -0.161. The second-order valence-electron chi connectivity index (χ2n) is 18.0. The molecular weight excluding hydrogens is 704 g/mol. The first kappa shape index (κ1) is 37.4. The van der Waals surface area contributed by atoms with E-state index in [4.69, 9.17) is 21.1 Å². The molecule has 1 unspecified atom stereocenters. The highest BCUT2D eigenvalue weighted by atomic mass is 35.5. The Labute approximate surface area is 322 Å². The minimum Gasteiger partial charge on any atom is -0.490 e. The molecule has 10 heteroatoms. The fourth-order valence-corrected chi connectivity index (χ4v) is 12.3. The van der Waals surface area contributed by atoms with Gasteiger partial charge in [-0.05, 0) is 124 Å². The van der Waals surface area contributed by atoms with Crippen molar-refractivity contribution in [1.82, 2.24) is 14.5 Å². The summed E-state index contributed by atoms with van der Waals surface area (Å²) in [6.45, 7) is 16.3. The van der Waals surface area contributed by atoms with Crippen LogP contribution in [0.1, 0.15) is 81.3 Å². The van der Waals surface area contributed by atoms with Crippen LogP contribution in [-0.2, 0) is 26.3 Å². The maximum absolute atomic E-state index is 14.1. The van der Waals surface area contributed by atoms with Gasteiger partial charge in [0.05, 0.1) is 22.0 Å². The number of nitrogens with zero attached hydrogens (tertiary/aromatic N) is 3. The van der Waals surface area contributed by atoms with Gasteiger partial charge in [-0.1, -0.05) is 36.7 Å². The van der Waals surface area contributed by atoms with Gasteiger partial charge >= 0.3 is 0 Å². The van der Waals surface area contributed by atoms with E-state index in [-0.39, 0.29) is 22.5 Å². The molecule has 2 bridgehead atoms. The summed E-state index contributed by atoms with van der Waals surface area (Å²) in [5.41, 5.74) is 3.79. The Morgan fingerprint density at radius 1 is 1.09 bits per heavy atom. The first-order valence-corrected chi connectivity index (χ1v) is 22.1. The SMILES string of the molecule is C=S1(=O)NC(=O)c2ccc3c(c2)N(C[C@@H]2CC[C@H]2[C@](CN2CC4(C2)CN(C(C)C)C4)(OC)/C=C/C[C@H](C)[C@H]1C)C[C@@]1(CCCc2cc(Cl)ccc21)CO3. The molecule has 0 radical (unpaired) electrons. The first-order valence-electron chi connectivity index (χ1n) is 19.9. The van der Waals surface area contributed by atoms with Crippen molar-refractivity contribution in [2.45, 2.75) is 88.5 Å². The van der Waals surface area contributed by atoms with Crippen molar-refractivity contribution < 1.29 is 18.5 Å². The molecule has 2 spiro atoms. The molecule has 2 aromatic rings. The standard InChI is InChI=1S/C43H59ClN4O4S/c1-29(2)48-24-41(25-48)22-46(23-41)27-43(51-5)18-7-9-30(3)31(4)53(6,50)45-40(49)33-12-16-39-38(20-33)47(21-34-11-14-37(34)43)26-42(28-52-39)17-8-10-32-19-35(44)13-15-36(32)42/h7,12-13,15-16,18-20,29-31,34,37H,6,8-11,14,17,21-28H2,1-5H3,(H,45,49,50)/b18-7+/t30-,31+,34-,37+,42-,43-,53?/m0/s1. The molecule has 1 amide bonds. The summed E-state index contributed by atoms with van der Waals surface area (Å²) in [7, 11) is -1.04. The molecule has 1 N–H and O–H groups in total. The molecule has 2 saturated heterocycles. The average molecular weight is 763 g/mol. The lowest BCUT2D eigenvalue weighted by Gasteiger charge is -2.63. The van der Waals surface area contributed by atoms with Crippen LogP contribution in [-0.4, -0.2) is 102 Å². The van der Waals surface area contributed by atoms with Crippen molar-refractivity contribution in [3.05, 3.63) is 70.3 Å². The van der Waals surface area contributed by atoms with E-state index in [9.17, 15) is 9.00 Å². The number of nitrogens with one attached hydrogen (secondary N) is 1. The van der Waals surface area contributed by atoms with E-state index < -0.39 is 15.3 Å². The molecule has 8 nitrogen and oxygen atoms in total. The zero-order valence-electron chi connectivity index (χ0n) is 32.4. The number of hydrogen-bond acceptors (Lipinski definition) is 7. The number of allylic oxidation sites excluding steroid dienone is 1. The molecule has 288 valence electrons. The van der Waals surface area contributed by atoms with Crippen molar-refractivity contribution in [2.24, 2.45) is 23.2 Å². The number of benzene rings is 2. The van der Waals surface area contributed by atoms with Gasteiger partial charge in [-0.15, -0.1) is 0 Å². The second kappa shape index (κ2) is 13.9. The highest BCUT2D eigenvalue weighted by Gasteiger charge is 2.56. The monoisotopic (exact) mass is 762 g/mol. The Morgan fingerprint density at radius 2 is 1.89 bits per heavy atom. The number of ether oxygens (including phenoxy) is 2. The Bertz CT molecular complexity index is 1870. The van der Waals surface area contributed by atoms with E-state index in [1.54, 1.807) is 6.07 Å². The van der Waals surface area contributed by atoms with Crippen molar-refractivity contribution in [2.75, 3.05) is 64.4 Å². The van der Waals surface area contributed by atoms with Gasteiger partial charge in [-0.3, -0.25) is 19.3 Å². The minimum atomic E-state index is -2.95. The predicted molar refractivity (Wildman–Crippen MR) is 217 cm³/mol. The molecule has 6 aliphatic rings. The maximum atomic E-state index is 14.1. The number of likely N-dealkylation sites (tertiary alicyclic amines) is 2. The first-order chi connectivity index (χ1) is 25.2. The molecule has 3 fully saturated rings. The molecule has 0 aromatic heterocycles. The van der Waals surface area contributed by atoms with Crippen molar-refractivity contribution >= 4 is 38.8 Å². The van der Waals surface area contributed by atoms with Gasteiger partial charge in [0.15, 0.2) is 0 Å². The Balaban J connectivity index is 1.16. The van der Waals surface area contributed by atoms with Gasteiger partial charge in [-0.2, -0.15) is 0 Å². The zero-order valence-corrected chi connectivity index (χ0v) is 33.9. The van der Waals surface area contributed by atoms with Gasteiger partial charge in [0.25, 0.3) is 5.91 Å². The lowest BCUT2D eigenvalue weighted by atomic mass is 9.62. The van der Waals surface area contributed by atoms with Crippen LogP contribution in [0.2, 0.25) is 5.02 Å². The van der Waals surface area contributed by atoms with Gasteiger partial charge in [0.1, 0.15) is 11.4 Å². The fraction of sp³-hybridized carbons (Fsp3) is 0.628. The molecule has 2 aliphatic carbocycles. The zero-order chi connectivity index (χ0) is 37.3. The quantitative estimate of drug-likeness (QED) is 0.278. The van der Waals surface area contributed by atoms with Crippen LogP contribution in [0.4, 0.5) is 5.69 Å². The Morgan fingerprint density at radius 3 is 2.60 bits per heavy atom. The summed E-state index contributed by atoms with van der Waals surface area (Å²) in [5.74, 6) is 5.28. The van der Waals surface area contributed by atoms with Gasteiger partial charge in [0.2, 0.25) is 0 Å². The number of anilines is 1. The molecule has 4 aliphatic heterocycles. The van der Waals surface area contributed by atoms with E-state index in [1.807, 2.05) is 32.2 Å². The predicted octanol–water partition coefficient (Wildman–Crippen LogP) is 6.60. The van der Waals surface area contributed by atoms with Crippen LogP contribution >= 0.6 is 11.6 Å². The highest BCUT2D eigenvalue weighted by Crippen LogP contribution is 2.50. The highest BCUT2D eigenvalue weighted by molar-refractivity contribution is 7.99. The number of carbonyl (C=O) groups is 1. The lowest BCUT2D eigenvalue weighted by Crippen LogP contribution is -2.74. The summed E-state index contributed by atoms with van der Waals surface area (Å²) in [6.07, 6.45) is 10.7.